The maximum atomic E-state index is 13.2. The molecule has 1 amide bonds. The minimum absolute atomic E-state index is 0.0533. The molecule has 1 N–H and O–H groups in total. The second-order valence-electron chi connectivity index (χ2n) is 5.01. The first-order chi connectivity index (χ1) is 10.5. The zero-order chi connectivity index (χ0) is 15.9. The second kappa shape index (κ2) is 5.22. The third-order valence-electron chi connectivity index (χ3n) is 3.53. The van der Waals surface area contributed by atoms with E-state index in [-0.39, 0.29) is 5.56 Å². The SMILES string of the molecule is Cc1nc2ccc(NC(=O)c3ccc(F)c(F)c3)cn2c1C. The van der Waals surface area contributed by atoms with Crippen molar-refractivity contribution in [2.24, 2.45) is 0 Å². The van der Waals surface area contributed by atoms with E-state index in [2.05, 4.69) is 10.3 Å². The molecule has 0 radical (unpaired) electrons. The standard InChI is InChI=1S/C16H13F2N3O/c1-9-10(2)21-8-12(4-6-15(21)19-9)20-16(22)11-3-5-13(17)14(18)7-11/h3-8H,1-2H3,(H,20,22). The molecule has 3 aromatic rings. The number of halogens is 2. The number of fused-ring (bicyclic) bond motifs is 1. The van der Waals surface area contributed by atoms with E-state index < -0.39 is 17.5 Å². The van der Waals surface area contributed by atoms with Crippen LogP contribution in [-0.2, 0) is 0 Å². The Morgan fingerprint density at radius 3 is 2.64 bits per heavy atom. The van der Waals surface area contributed by atoms with Gasteiger partial charge in [0.25, 0.3) is 5.91 Å². The Labute approximate surface area is 125 Å². The minimum Gasteiger partial charge on any atom is -0.321 e. The maximum Gasteiger partial charge on any atom is 0.255 e. The molecule has 1 aromatic carbocycles. The van der Waals surface area contributed by atoms with Crippen LogP contribution in [0.25, 0.3) is 5.65 Å². The van der Waals surface area contributed by atoms with E-state index in [0.29, 0.717) is 5.69 Å². The minimum atomic E-state index is -1.05. The van der Waals surface area contributed by atoms with Gasteiger partial charge in [-0.3, -0.25) is 4.79 Å². The van der Waals surface area contributed by atoms with Crippen molar-refractivity contribution in [3.05, 3.63) is 65.1 Å². The van der Waals surface area contributed by atoms with Crippen LogP contribution < -0.4 is 5.32 Å². The predicted molar refractivity (Wildman–Crippen MR) is 79.0 cm³/mol. The zero-order valence-corrected chi connectivity index (χ0v) is 12.0. The lowest BCUT2D eigenvalue weighted by Gasteiger charge is -2.07. The van der Waals surface area contributed by atoms with Gasteiger partial charge in [0.05, 0.1) is 11.4 Å². The number of hydrogen-bond acceptors (Lipinski definition) is 2. The van der Waals surface area contributed by atoms with Gasteiger partial charge in [0.2, 0.25) is 0 Å². The Bertz CT molecular complexity index is 886. The van der Waals surface area contributed by atoms with Crippen molar-refractivity contribution in [3.8, 4) is 0 Å². The number of hydrogen-bond donors (Lipinski definition) is 1. The van der Waals surface area contributed by atoms with E-state index in [1.165, 1.54) is 6.07 Å². The van der Waals surface area contributed by atoms with Crippen molar-refractivity contribution < 1.29 is 13.6 Å². The van der Waals surface area contributed by atoms with E-state index in [0.717, 1.165) is 29.2 Å². The van der Waals surface area contributed by atoms with Crippen LogP contribution >= 0.6 is 0 Å². The summed E-state index contributed by atoms with van der Waals surface area (Å²) in [6.45, 7) is 3.83. The summed E-state index contributed by atoms with van der Waals surface area (Å²) >= 11 is 0. The van der Waals surface area contributed by atoms with Gasteiger partial charge in [-0.15, -0.1) is 0 Å². The first-order valence-corrected chi connectivity index (χ1v) is 6.67. The van der Waals surface area contributed by atoms with Crippen LogP contribution in [-0.4, -0.2) is 15.3 Å². The van der Waals surface area contributed by atoms with Crippen molar-refractivity contribution in [2.45, 2.75) is 13.8 Å². The molecular formula is C16H13F2N3O. The van der Waals surface area contributed by atoms with Crippen LogP contribution in [0.4, 0.5) is 14.5 Å². The summed E-state index contributed by atoms with van der Waals surface area (Å²) in [6.07, 6.45) is 1.74. The molecule has 6 heteroatoms. The van der Waals surface area contributed by atoms with Crippen LogP contribution in [0.5, 0.6) is 0 Å². The molecule has 22 heavy (non-hydrogen) atoms. The average Bonchev–Trinajstić information content (AvgIpc) is 2.77. The molecule has 112 valence electrons. The number of benzene rings is 1. The number of nitrogens with one attached hydrogen (secondary N) is 1. The lowest BCUT2D eigenvalue weighted by molar-refractivity contribution is 0.102. The van der Waals surface area contributed by atoms with Crippen LogP contribution in [0.3, 0.4) is 0 Å². The number of aryl methyl sites for hydroxylation is 2. The van der Waals surface area contributed by atoms with Crippen LogP contribution in [0.2, 0.25) is 0 Å². The number of amides is 1. The lowest BCUT2D eigenvalue weighted by Crippen LogP contribution is -2.13. The summed E-state index contributed by atoms with van der Waals surface area (Å²) in [5.41, 5.74) is 3.25. The number of pyridine rings is 1. The molecule has 0 saturated heterocycles. The third-order valence-corrected chi connectivity index (χ3v) is 3.53. The van der Waals surface area contributed by atoms with Gasteiger partial charge in [-0.05, 0) is 44.2 Å². The number of aromatic nitrogens is 2. The van der Waals surface area contributed by atoms with E-state index in [1.54, 1.807) is 18.3 Å². The first-order valence-electron chi connectivity index (χ1n) is 6.67. The highest BCUT2D eigenvalue weighted by Crippen LogP contribution is 2.16. The summed E-state index contributed by atoms with van der Waals surface area (Å²) in [4.78, 5) is 16.5. The molecule has 4 nitrogen and oxygen atoms in total. The van der Waals surface area contributed by atoms with Crippen molar-refractivity contribution in [3.63, 3.8) is 0 Å². The van der Waals surface area contributed by atoms with Crippen molar-refractivity contribution in [2.75, 3.05) is 5.32 Å². The molecule has 0 aliphatic heterocycles. The summed E-state index contributed by atoms with van der Waals surface area (Å²) in [7, 11) is 0. The molecule has 0 bridgehead atoms. The zero-order valence-electron chi connectivity index (χ0n) is 12.0. The van der Waals surface area contributed by atoms with Crippen molar-refractivity contribution >= 4 is 17.2 Å². The molecule has 0 fully saturated rings. The highest BCUT2D eigenvalue weighted by atomic mass is 19.2. The van der Waals surface area contributed by atoms with Gasteiger partial charge in [0, 0.05) is 17.5 Å². The van der Waals surface area contributed by atoms with Crippen LogP contribution in [0, 0.1) is 25.5 Å². The van der Waals surface area contributed by atoms with E-state index in [4.69, 9.17) is 0 Å². The lowest BCUT2D eigenvalue weighted by atomic mass is 10.2. The van der Waals surface area contributed by atoms with Crippen LogP contribution in [0.1, 0.15) is 21.7 Å². The van der Waals surface area contributed by atoms with Gasteiger partial charge in [0.15, 0.2) is 11.6 Å². The Morgan fingerprint density at radius 1 is 1.14 bits per heavy atom. The molecule has 2 heterocycles. The average molecular weight is 301 g/mol. The summed E-state index contributed by atoms with van der Waals surface area (Å²) < 4.78 is 27.9. The predicted octanol–water partition coefficient (Wildman–Crippen LogP) is 3.48. The van der Waals surface area contributed by atoms with Gasteiger partial charge in [-0.1, -0.05) is 0 Å². The largest absolute Gasteiger partial charge is 0.321 e. The molecule has 2 aromatic heterocycles. The van der Waals surface area contributed by atoms with Gasteiger partial charge in [0.1, 0.15) is 5.65 Å². The molecule has 0 unspecified atom stereocenters. The smallest absolute Gasteiger partial charge is 0.255 e. The summed E-state index contributed by atoms with van der Waals surface area (Å²) in [5.74, 6) is -2.54. The monoisotopic (exact) mass is 301 g/mol. The molecule has 0 aliphatic carbocycles. The molecular weight excluding hydrogens is 288 g/mol. The Morgan fingerprint density at radius 2 is 1.91 bits per heavy atom. The normalized spacial score (nSPS) is 10.9. The van der Waals surface area contributed by atoms with E-state index in [9.17, 15) is 13.6 Å². The highest BCUT2D eigenvalue weighted by Gasteiger charge is 2.11. The number of carbonyl (C=O) groups is 1. The number of anilines is 1. The Balaban J connectivity index is 1.90. The molecule has 0 aliphatic rings. The number of rotatable bonds is 2. The molecule has 3 rings (SSSR count). The van der Waals surface area contributed by atoms with E-state index >= 15 is 0 Å². The number of nitrogens with zero attached hydrogens (tertiary/aromatic N) is 2. The quantitative estimate of drug-likeness (QED) is 0.787. The molecule has 0 spiro atoms. The third kappa shape index (κ3) is 2.43. The summed E-state index contributed by atoms with van der Waals surface area (Å²) in [6, 6.07) is 6.52. The fourth-order valence-corrected chi connectivity index (χ4v) is 2.19. The molecule has 0 saturated carbocycles. The number of carbonyl (C=O) groups excluding carboxylic acids is 1. The second-order valence-corrected chi connectivity index (χ2v) is 5.01. The van der Waals surface area contributed by atoms with Gasteiger partial charge in [-0.2, -0.15) is 0 Å². The van der Waals surface area contributed by atoms with Crippen molar-refractivity contribution in [1.82, 2.24) is 9.38 Å². The Hall–Kier alpha value is -2.76. The maximum absolute atomic E-state index is 13.2. The van der Waals surface area contributed by atoms with Crippen LogP contribution in [0.15, 0.2) is 36.5 Å². The number of imidazole rings is 1. The fourth-order valence-electron chi connectivity index (χ4n) is 2.19. The van der Waals surface area contributed by atoms with Gasteiger partial charge in [-0.25, -0.2) is 13.8 Å². The highest BCUT2D eigenvalue weighted by molar-refractivity contribution is 6.04. The topological polar surface area (TPSA) is 46.4 Å². The fraction of sp³-hybridized carbons (Fsp3) is 0.125. The Kier molecular flexibility index (Phi) is 3.36. The summed E-state index contributed by atoms with van der Waals surface area (Å²) in [5, 5.41) is 2.66. The molecule has 0 atom stereocenters. The van der Waals surface area contributed by atoms with Crippen molar-refractivity contribution in [1.29, 1.82) is 0 Å². The van der Waals surface area contributed by atoms with Gasteiger partial charge < -0.3 is 9.72 Å². The van der Waals surface area contributed by atoms with E-state index in [1.807, 2.05) is 18.2 Å². The first kappa shape index (κ1) is 14.2. The van der Waals surface area contributed by atoms with Gasteiger partial charge >= 0.3 is 0 Å².